The van der Waals surface area contributed by atoms with Gasteiger partial charge in [-0.1, -0.05) is 50.2 Å². The number of aliphatic hydroxyl groups excluding tert-OH is 3. The molecule has 4 saturated heterocycles. The van der Waals surface area contributed by atoms with Crippen molar-refractivity contribution in [3.05, 3.63) is 59.7 Å². The summed E-state index contributed by atoms with van der Waals surface area (Å²) >= 11 is 4.41. The standard InChI is InChI=1S/C37H46N6O7S4/c1-19(2)35(52-7)31(50)43-27-34(21-15-11-13-17-23(21)39(27)3,25(46)37(43,54-9)30(49)41(35)5)33-20-14-10-12-16-22(20)38-26(33)42-28(47)32(18-44,51-6)40(4)29(48)36(42,53-8)24(33)45/h10-17,19,24-27,38,44-46H,18H2,1-9H3/t24-,25-,26-,27+,32+,33-,34+,35-,36+,37-/m0/s1. The van der Waals surface area contributed by atoms with Crippen LogP contribution in [-0.2, 0) is 30.0 Å². The highest BCUT2D eigenvalue weighted by atomic mass is 32.2. The monoisotopic (exact) mass is 814 g/mol. The molecule has 54 heavy (non-hydrogen) atoms. The average molecular weight is 815 g/mol. The van der Waals surface area contributed by atoms with Crippen molar-refractivity contribution < 1.29 is 34.5 Å². The third-order valence-electron chi connectivity index (χ3n) is 13.7. The molecule has 2 aromatic rings. The van der Waals surface area contributed by atoms with Crippen LogP contribution in [0.25, 0.3) is 0 Å². The van der Waals surface area contributed by atoms with Crippen molar-refractivity contribution in [2.45, 2.75) is 68.7 Å². The smallest absolute Gasteiger partial charge is 0.264 e. The largest absolute Gasteiger partial charge is 0.392 e. The van der Waals surface area contributed by atoms with E-state index in [1.54, 1.807) is 37.0 Å². The fourth-order valence-corrected chi connectivity index (χ4v) is 15.5. The topological polar surface area (TPSA) is 157 Å². The molecule has 6 heterocycles. The number of benzene rings is 2. The minimum Gasteiger partial charge on any atom is -0.392 e. The number of likely N-dealkylation sites (N-methyl/N-ethyl adjacent to an activating group) is 3. The molecule has 0 unspecified atom stereocenters. The van der Waals surface area contributed by atoms with E-state index in [0.29, 0.717) is 22.5 Å². The molecule has 4 N–H and O–H groups in total. The number of carbonyl (C=O) groups excluding carboxylic acids is 4. The van der Waals surface area contributed by atoms with Gasteiger partial charge in [0.15, 0.2) is 19.5 Å². The molecule has 6 aliphatic heterocycles. The normalized spacial score (nSPS) is 40.6. The molecule has 10 atom stereocenters. The number of rotatable bonds is 7. The van der Waals surface area contributed by atoms with Gasteiger partial charge in [-0.2, -0.15) is 0 Å². The maximum atomic E-state index is 15.7. The molecule has 4 fully saturated rings. The van der Waals surface area contributed by atoms with Crippen molar-refractivity contribution in [1.29, 1.82) is 0 Å². The Morgan fingerprint density at radius 1 is 0.704 bits per heavy atom. The highest BCUT2D eigenvalue weighted by Crippen LogP contribution is 2.75. The van der Waals surface area contributed by atoms with E-state index in [1.165, 1.54) is 33.5 Å². The Labute approximate surface area is 331 Å². The third kappa shape index (κ3) is 3.48. The summed E-state index contributed by atoms with van der Waals surface area (Å²) in [7, 11) is 4.90. The van der Waals surface area contributed by atoms with Crippen molar-refractivity contribution in [3.63, 3.8) is 0 Å². The molecule has 17 heteroatoms. The first-order valence-electron chi connectivity index (χ1n) is 17.7. The number of aliphatic hydroxyl groups is 3. The van der Waals surface area contributed by atoms with E-state index < -0.39 is 79.2 Å². The molecular weight excluding hydrogens is 769 g/mol. The molecule has 2 aromatic carbocycles. The maximum absolute atomic E-state index is 15.7. The molecule has 0 bridgehead atoms. The van der Waals surface area contributed by atoms with Gasteiger partial charge >= 0.3 is 0 Å². The first-order valence-corrected chi connectivity index (χ1v) is 22.6. The summed E-state index contributed by atoms with van der Waals surface area (Å²) in [6.45, 7) is 3.11. The molecule has 0 radical (unpaired) electrons. The van der Waals surface area contributed by atoms with Crippen LogP contribution >= 0.6 is 47.0 Å². The van der Waals surface area contributed by atoms with Gasteiger partial charge in [-0.15, -0.1) is 47.0 Å². The number of nitrogens with one attached hydrogen (secondary N) is 1. The number of thioether (sulfide) groups is 4. The van der Waals surface area contributed by atoms with Gasteiger partial charge in [-0.25, -0.2) is 0 Å². The lowest BCUT2D eigenvalue weighted by molar-refractivity contribution is -0.169. The molecule has 6 aliphatic rings. The Kier molecular flexibility index (Phi) is 8.37. The number of hydrogen-bond acceptors (Lipinski definition) is 13. The lowest BCUT2D eigenvalue weighted by Gasteiger charge is -2.56. The van der Waals surface area contributed by atoms with Gasteiger partial charge in [-0.05, 0) is 54.2 Å². The van der Waals surface area contributed by atoms with E-state index in [4.69, 9.17) is 0 Å². The minimum absolute atomic E-state index is 0.343. The molecule has 13 nitrogen and oxygen atoms in total. The summed E-state index contributed by atoms with van der Waals surface area (Å²) in [5.74, 6) is -2.35. The zero-order valence-corrected chi connectivity index (χ0v) is 34.8. The van der Waals surface area contributed by atoms with Crippen LogP contribution < -0.4 is 10.2 Å². The zero-order valence-electron chi connectivity index (χ0n) is 31.6. The predicted molar refractivity (Wildman–Crippen MR) is 214 cm³/mol. The van der Waals surface area contributed by atoms with E-state index in [1.807, 2.05) is 74.3 Å². The number of hydrogen-bond donors (Lipinski definition) is 4. The number of piperazine rings is 2. The SMILES string of the molecule is CS[C@@]1(C(C)C)C(=O)N2[C@H]3N(C)c4ccccc4[C@@]3([C@]34c5ccccc5N[C@H]3N3C(=O)[C@@](CO)(SC)N(C)C(=O)[C@]3(SC)[C@H]4O)[C@H](O)[C@]2(SC)C(=O)N1C. The van der Waals surface area contributed by atoms with Gasteiger partial charge in [-0.3, -0.25) is 29.0 Å². The van der Waals surface area contributed by atoms with Crippen molar-refractivity contribution in [1.82, 2.24) is 19.6 Å². The molecule has 0 spiro atoms. The second-order valence-corrected chi connectivity index (χ2v) is 19.4. The molecule has 0 aromatic heterocycles. The van der Waals surface area contributed by atoms with Gasteiger partial charge in [0, 0.05) is 32.5 Å². The number of nitrogens with zero attached hydrogens (tertiary/aromatic N) is 5. The van der Waals surface area contributed by atoms with Gasteiger partial charge in [0.25, 0.3) is 23.6 Å². The predicted octanol–water partition coefficient (Wildman–Crippen LogP) is 1.63. The summed E-state index contributed by atoms with van der Waals surface area (Å²) < 4.78 is 0. The zero-order chi connectivity index (χ0) is 39.3. The lowest BCUT2D eigenvalue weighted by atomic mass is 9.52. The number of amides is 4. The van der Waals surface area contributed by atoms with Crippen molar-refractivity contribution in [2.75, 3.05) is 63.0 Å². The van der Waals surface area contributed by atoms with Gasteiger partial charge in [0.2, 0.25) is 0 Å². The van der Waals surface area contributed by atoms with Crippen LogP contribution in [0.3, 0.4) is 0 Å². The molecule has 8 rings (SSSR count). The minimum atomic E-state index is -1.96. The van der Waals surface area contributed by atoms with E-state index in [2.05, 4.69) is 5.32 Å². The second kappa shape index (κ2) is 11.9. The van der Waals surface area contributed by atoms with Crippen LogP contribution in [0.5, 0.6) is 0 Å². The summed E-state index contributed by atoms with van der Waals surface area (Å²) in [5, 5.41) is 41.9. The van der Waals surface area contributed by atoms with Crippen molar-refractivity contribution in [2.24, 2.45) is 5.92 Å². The van der Waals surface area contributed by atoms with E-state index in [-0.39, 0.29) is 11.8 Å². The highest BCUT2D eigenvalue weighted by Gasteiger charge is 2.91. The van der Waals surface area contributed by atoms with Gasteiger partial charge in [0.05, 0.1) is 17.4 Å². The van der Waals surface area contributed by atoms with Crippen LogP contribution in [0.4, 0.5) is 11.4 Å². The van der Waals surface area contributed by atoms with Crippen molar-refractivity contribution in [3.8, 4) is 0 Å². The lowest BCUT2D eigenvalue weighted by Crippen LogP contribution is -2.77. The first-order chi connectivity index (χ1) is 25.6. The van der Waals surface area contributed by atoms with Crippen LogP contribution in [-0.4, -0.2) is 155 Å². The highest BCUT2D eigenvalue weighted by molar-refractivity contribution is 8.02. The molecule has 290 valence electrons. The third-order valence-corrected chi connectivity index (χ3v) is 18.9. The van der Waals surface area contributed by atoms with Crippen LogP contribution in [0.1, 0.15) is 25.0 Å². The van der Waals surface area contributed by atoms with Crippen LogP contribution in [0, 0.1) is 5.92 Å². The fourth-order valence-electron chi connectivity index (χ4n) is 11.5. The van der Waals surface area contributed by atoms with Crippen LogP contribution in [0.15, 0.2) is 48.5 Å². The number of para-hydroxylation sites is 2. The Bertz CT molecular complexity index is 2010. The Morgan fingerprint density at radius 2 is 1.26 bits per heavy atom. The maximum Gasteiger partial charge on any atom is 0.264 e. The van der Waals surface area contributed by atoms with Gasteiger partial charge < -0.3 is 35.3 Å². The average Bonchev–Trinajstić information content (AvgIpc) is 3.80. The van der Waals surface area contributed by atoms with Crippen LogP contribution in [0.2, 0.25) is 0 Å². The Hall–Kier alpha value is -2.80. The molecule has 4 amide bonds. The van der Waals surface area contributed by atoms with E-state index >= 15 is 19.2 Å². The molecule has 0 saturated carbocycles. The Morgan fingerprint density at radius 3 is 1.83 bits per heavy atom. The van der Waals surface area contributed by atoms with E-state index in [0.717, 1.165) is 35.3 Å². The number of carbonyl (C=O) groups is 4. The number of fused-ring (bicyclic) bond motifs is 11. The quantitative estimate of drug-likeness (QED) is 0.320. The Balaban J connectivity index is 1.55. The summed E-state index contributed by atoms with van der Waals surface area (Å²) in [6.07, 6.45) is 1.12. The summed E-state index contributed by atoms with van der Waals surface area (Å²) in [5.41, 5.74) is -1.20. The van der Waals surface area contributed by atoms with Gasteiger partial charge in [0.1, 0.15) is 24.5 Å². The molecule has 0 aliphatic carbocycles. The first kappa shape index (κ1) is 38.1. The summed E-state index contributed by atoms with van der Waals surface area (Å²) in [6, 6.07) is 14.7. The number of anilines is 2. The van der Waals surface area contributed by atoms with Crippen molar-refractivity contribution >= 4 is 82.1 Å². The fraction of sp³-hybridized carbons (Fsp3) is 0.568. The second-order valence-electron chi connectivity index (χ2n) is 15.2. The van der Waals surface area contributed by atoms with E-state index in [9.17, 15) is 15.3 Å². The summed E-state index contributed by atoms with van der Waals surface area (Å²) in [4.78, 5) is 62.2. The molecular formula is C37H46N6O7S4.